The van der Waals surface area contributed by atoms with Crippen LogP contribution in [0, 0.1) is 12.7 Å². The number of ketones is 3. The number of aliphatic hydroxyl groups excluding tert-OH is 3. The van der Waals surface area contributed by atoms with Crippen molar-refractivity contribution >= 4 is 29.0 Å². The largest absolute Gasteiger partial charge is 0.508 e. The van der Waals surface area contributed by atoms with E-state index in [9.17, 15) is 59.6 Å². The van der Waals surface area contributed by atoms with Crippen LogP contribution in [0.15, 0.2) is 400 Å². The van der Waals surface area contributed by atoms with Crippen LogP contribution in [0.3, 0.4) is 0 Å². The summed E-state index contributed by atoms with van der Waals surface area (Å²) in [6, 6.07) is 118. The number of hydrogen-bond donors (Lipinski definition) is 8. The second-order valence-electron chi connectivity index (χ2n) is 32.4. The molecule has 24 heteroatoms. The maximum absolute atomic E-state index is 12.9. The summed E-state index contributed by atoms with van der Waals surface area (Å²) >= 11 is 5.85. The van der Waals surface area contributed by atoms with Crippen molar-refractivity contribution in [1.29, 1.82) is 0 Å². The van der Waals surface area contributed by atoms with Gasteiger partial charge < -0.3 is 93.0 Å². The van der Waals surface area contributed by atoms with Crippen molar-refractivity contribution in [2.45, 2.75) is 84.4 Å². The molecule has 3 unspecified atom stereocenters. The number of carbonyl (C=O) groups excluding carboxylic acids is 3. The zero-order valence-corrected chi connectivity index (χ0v) is 82.0. The van der Waals surface area contributed by atoms with E-state index in [1.807, 2.05) is 213 Å². The number of aryl methyl sites for hydroxylation is 3. The highest BCUT2D eigenvalue weighted by atomic mass is 35.5. The Morgan fingerprint density at radius 3 is 0.993 bits per heavy atom. The van der Waals surface area contributed by atoms with Crippen molar-refractivity contribution in [2.24, 2.45) is 0 Å². The number of hydrogen-bond acceptors (Lipinski definition) is 22. The maximum Gasteiger partial charge on any atom is 0.203 e. The molecule has 0 fully saturated rings. The summed E-state index contributed by atoms with van der Waals surface area (Å²) in [5.74, 6) is 6.68. The molecule has 0 bridgehead atoms. The van der Waals surface area contributed by atoms with Crippen molar-refractivity contribution in [3.05, 3.63) is 478 Å². The molecule has 0 aliphatic heterocycles. The quantitative estimate of drug-likeness (QED) is 0.0165. The van der Waals surface area contributed by atoms with Gasteiger partial charge in [0.25, 0.3) is 0 Å². The van der Waals surface area contributed by atoms with Crippen LogP contribution in [0.2, 0.25) is 5.02 Å². The van der Waals surface area contributed by atoms with Crippen LogP contribution in [0.5, 0.6) is 92.0 Å². The van der Waals surface area contributed by atoms with Gasteiger partial charge >= 0.3 is 0 Å². The summed E-state index contributed by atoms with van der Waals surface area (Å²) in [6.07, 6.45) is 2.49. The number of phenols is 5. The topological polar surface area (TPSA) is 315 Å². The van der Waals surface area contributed by atoms with Crippen LogP contribution >= 0.6 is 11.6 Å². The summed E-state index contributed by atoms with van der Waals surface area (Å²) in [4.78, 5) is 36.2. The van der Waals surface area contributed by atoms with E-state index in [0.29, 0.717) is 99.5 Å². The number of benzene rings is 16. The zero-order chi connectivity index (χ0) is 103. The van der Waals surface area contributed by atoms with Crippen molar-refractivity contribution in [2.75, 3.05) is 60.5 Å². The number of aromatic hydroxyl groups is 5. The van der Waals surface area contributed by atoms with Crippen LogP contribution in [-0.2, 0) is 32.5 Å². The molecule has 750 valence electrons. The molecule has 0 aliphatic carbocycles. The van der Waals surface area contributed by atoms with Gasteiger partial charge in [0.1, 0.15) is 149 Å². The Hall–Kier alpha value is -16.6. The second kappa shape index (κ2) is 61.2. The molecule has 22 nitrogen and oxygen atoms in total. The van der Waals surface area contributed by atoms with Gasteiger partial charge in [-0.05, 0) is 242 Å². The highest BCUT2D eigenvalue weighted by Crippen LogP contribution is 2.32. The number of carbonyl (C=O) groups is 3. The monoisotopic (exact) mass is 1980 g/mol. The Kier molecular flexibility index (Phi) is 46.6. The van der Waals surface area contributed by atoms with E-state index < -0.39 is 18.3 Å². The minimum absolute atomic E-state index is 0.0145. The van der Waals surface area contributed by atoms with E-state index in [1.54, 1.807) is 166 Å². The Balaban J connectivity index is 0.000000174. The van der Waals surface area contributed by atoms with E-state index in [1.165, 1.54) is 53.6 Å². The summed E-state index contributed by atoms with van der Waals surface area (Å²) in [5, 5.41) is 79.1. The van der Waals surface area contributed by atoms with Gasteiger partial charge in [-0.1, -0.05) is 250 Å². The highest BCUT2D eigenvalue weighted by Gasteiger charge is 2.20. The minimum atomic E-state index is -0.872. The Bertz CT molecular complexity index is 6480. The lowest BCUT2D eigenvalue weighted by atomic mass is 10.1. The van der Waals surface area contributed by atoms with Crippen LogP contribution in [0.25, 0.3) is 0 Å². The summed E-state index contributed by atoms with van der Waals surface area (Å²) in [5.41, 5.74) is 9.32. The first-order valence-corrected chi connectivity index (χ1v) is 47.4. The highest BCUT2D eigenvalue weighted by molar-refractivity contribution is 6.30. The maximum atomic E-state index is 12.9. The molecule has 3 atom stereocenters. The fourth-order valence-corrected chi connectivity index (χ4v) is 13.9. The van der Waals surface area contributed by atoms with Crippen molar-refractivity contribution < 1.29 is 112 Å². The molecule has 0 aliphatic rings. The fourth-order valence-electron chi connectivity index (χ4n) is 13.7. The van der Waals surface area contributed by atoms with Gasteiger partial charge in [-0.15, -0.1) is 0 Å². The first-order chi connectivity index (χ1) is 70.5. The molecule has 0 amide bonds. The van der Waals surface area contributed by atoms with E-state index in [2.05, 4.69) is 13.8 Å². The van der Waals surface area contributed by atoms with Gasteiger partial charge in [-0.2, -0.15) is 0 Å². The molecule has 0 spiro atoms. The standard InChI is InChI=1S/C21H19ClO3.C21H17FO3.C17H20O3.C17H18O3.C15H16O4.C15H16O3.C15H14O3/c2*22-17-10-12-18(13-11-17)24-15-20(23)19-8-4-5-9-21(19)25-14-16-6-2-1-3-7-16;2*1-2-5-13-8-10-14(11-9-13)20-12-17(19)15-6-3-4-7-16(15)18;1-18-11-6-8-12(9-7-11)19-10-15(17)13-4-2-3-5-14(13)16;1-17-13-6-8-14(9-7-13)18-11-10-12-4-2-3-5-15(12)16;1-11-6-8-12(9-7-11)18-10-15(17)13-4-2-3-5-14(13)16/h1-13,20,23H,14-15H2;1-13H,14-15H2;3-4,6-11,17-19H,2,5,12H2,1H3;3-4,6-11,18H,2,5,12H2,1H3;2-9,15-17H,10H2,1H3;2-9,16H,10-11H2,1H3;2-9,16H,10H2,1H3. The first kappa shape index (κ1) is 110. The van der Waals surface area contributed by atoms with Gasteiger partial charge in [-0.25, -0.2) is 4.39 Å². The molecular formula is C121H120ClFO22. The van der Waals surface area contributed by atoms with Gasteiger partial charge in [0.05, 0.1) is 37.5 Å². The van der Waals surface area contributed by atoms with Gasteiger partial charge in [-0.3, -0.25) is 14.4 Å². The van der Waals surface area contributed by atoms with Crippen molar-refractivity contribution in [3.63, 3.8) is 0 Å². The minimum Gasteiger partial charge on any atom is -0.508 e. The Labute approximate surface area is 850 Å². The number of para-hydroxylation sites is 7. The third-order valence-electron chi connectivity index (χ3n) is 21.6. The molecule has 8 N–H and O–H groups in total. The molecular weight excluding hydrogens is 1860 g/mol. The Morgan fingerprint density at radius 2 is 0.586 bits per heavy atom. The van der Waals surface area contributed by atoms with Gasteiger partial charge in [0, 0.05) is 28.1 Å². The SMILES string of the molecule is CCCc1ccc(OCC(=O)c2ccccc2O)cc1.CCCc1ccc(OCC(O)c2ccccc2O)cc1.COc1ccc(OCC(O)c2ccccc2O)cc1.COc1ccc(OCCc2ccccc2O)cc1.Cc1ccc(OCC(=O)c2ccccc2O)cc1.O=C(COc1ccc(F)cc1)c1ccccc1OCc1ccccc1.OC(COc1ccc(Cl)cc1)c1ccccc1OCc1ccccc1. The molecule has 0 aromatic heterocycles. The van der Waals surface area contributed by atoms with Crippen LogP contribution in [0.1, 0.15) is 126 Å². The van der Waals surface area contributed by atoms with Crippen LogP contribution in [-0.4, -0.2) is 119 Å². The van der Waals surface area contributed by atoms with Gasteiger partial charge in [0.2, 0.25) is 17.3 Å². The fraction of sp³-hybridized carbons (Fsp3) is 0.182. The smallest absolute Gasteiger partial charge is 0.203 e. The zero-order valence-electron chi connectivity index (χ0n) is 81.3. The van der Waals surface area contributed by atoms with Crippen molar-refractivity contribution in [1.82, 2.24) is 0 Å². The average Bonchev–Trinajstić information content (AvgIpc) is 0.834. The number of Topliss-reactive ketones (excluding diaryl/α,β-unsaturated/α-hetero) is 3. The van der Waals surface area contributed by atoms with E-state index in [-0.39, 0.29) is 96.9 Å². The van der Waals surface area contributed by atoms with Crippen LogP contribution in [0.4, 0.5) is 4.39 Å². The number of phenolic OH excluding ortho intramolecular Hbond substituents is 5. The average molecular weight is 1980 g/mol. The number of halogens is 2. The molecule has 145 heavy (non-hydrogen) atoms. The van der Waals surface area contributed by atoms with Crippen molar-refractivity contribution in [3.8, 4) is 92.0 Å². The normalized spacial score (nSPS) is 10.9. The van der Waals surface area contributed by atoms with E-state index >= 15 is 0 Å². The third kappa shape index (κ3) is 39.1. The molecule has 16 aromatic rings. The third-order valence-corrected chi connectivity index (χ3v) is 21.8. The number of methoxy groups -OCH3 is 2. The molecule has 16 rings (SSSR count). The van der Waals surface area contributed by atoms with Crippen LogP contribution < -0.4 is 52.1 Å². The molecule has 0 saturated heterocycles. The molecule has 16 aromatic carbocycles. The second-order valence-corrected chi connectivity index (χ2v) is 32.9. The first-order valence-electron chi connectivity index (χ1n) is 47.0. The summed E-state index contributed by atoms with van der Waals surface area (Å²) in [7, 11) is 3.23. The predicted molar refractivity (Wildman–Crippen MR) is 561 cm³/mol. The van der Waals surface area contributed by atoms with E-state index in [4.69, 9.17) is 63.7 Å². The van der Waals surface area contributed by atoms with Gasteiger partial charge in [0.15, 0.2) is 19.8 Å². The molecule has 0 radical (unpaired) electrons. The lowest BCUT2D eigenvalue weighted by Crippen LogP contribution is -2.13. The van der Waals surface area contributed by atoms with E-state index in [0.717, 1.165) is 70.9 Å². The molecule has 0 heterocycles. The Morgan fingerprint density at radius 1 is 0.283 bits per heavy atom. The number of aliphatic hydroxyl groups is 3. The number of ether oxygens (including phenoxy) is 11. The predicted octanol–water partition coefficient (Wildman–Crippen LogP) is 25.3. The number of rotatable bonds is 40. The summed E-state index contributed by atoms with van der Waals surface area (Å²) in [6.45, 7) is 7.64. The molecule has 0 saturated carbocycles. The lowest BCUT2D eigenvalue weighted by molar-refractivity contribution is 0.0910. The summed E-state index contributed by atoms with van der Waals surface area (Å²) < 4.78 is 73.1. The lowest BCUT2D eigenvalue weighted by Gasteiger charge is -2.17.